The van der Waals surface area contributed by atoms with E-state index in [0.717, 1.165) is 12.8 Å². The number of oxazole rings is 1. The minimum absolute atomic E-state index is 0.0137. The van der Waals surface area contributed by atoms with Crippen LogP contribution in [0.2, 0.25) is 0 Å². The van der Waals surface area contributed by atoms with Crippen molar-refractivity contribution in [3.63, 3.8) is 0 Å². The number of rotatable bonds is 5. The zero-order valence-electron chi connectivity index (χ0n) is 17.3. The van der Waals surface area contributed by atoms with E-state index in [1.807, 2.05) is 6.92 Å². The Morgan fingerprint density at radius 1 is 1.16 bits per heavy atom. The van der Waals surface area contributed by atoms with E-state index in [2.05, 4.69) is 10.3 Å². The third-order valence-electron chi connectivity index (χ3n) is 5.43. The van der Waals surface area contributed by atoms with Crippen LogP contribution >= 0.6 is 0 Å². The van der Waals surface area contributed by atoms with Crippen LogP contribution in [0, 0.1) is 5.82 Å². The molecule has 0 bridgehead atoms. The molecule has 2 heterocycles. The highest BCUT2D eigenvalue weighted by Gasteiger charge is 2.27. The molecular formula is C24H24FN3O3. The van der Waals surface area contributed by atoms with Crippen molar-refractivity contribution in [3.05, 3.63) is 66.1 Å². The fourth-order valence-electron chi connectivity index (χ4n) is 3.82. The van der Waals surface area contributed by atoms with Crippen molar-refractivity contribution < 1.29 is 18.4 Å². The van der Waals surface area contributed by atoms with Crippen LogP contribution in [0.5, 0.6) is 0 Å². The zero-order valence-corrected chi connectivity index (χ0v) is 17.3. The average Bonchev–Trinajstić information content (AvgIpc) is 3.29. The maximum Gasteiger partial charge on any atom is 0.254 e. The lowest BCUT2D eigenvalue weighted by molar-refractivity contribution is -0.121. The highest BCUT2D eigenvalue weighted by Crippen LogP contribution is 2.30. The second kappa shape index (κ2) is 9.12. The summed E-state index contributed by atoms with van der Waals surface area (Å²) < 4.78 is 19.9. The number of benzene rings is 2. The standard InChI is InChI=1S/C24H24FN3O3/c1-2-22(29)27-16-8-7-13-28(15-16)24(30)18-10-4-3-9-17(18)23-26-14-21(31-23)19-11-5-6-12-20(19)25/h3-6,9-12,14,16H,2,7-8,13,15H2,1H3,(H,27,29). The van der Waals surface area contributed by atoms with Gasteiger partial charge in [-0.1, -0.05) is 31.2 Å². The van der Waals surface area contributed by atoms with Gasteiger partial charge in [-0.05, 0) is 37.1 Å². The molecule has 1 aliphatic rings. The summed E-state index contributed by atoms with van der Waals surface area (Å²) >= 11 is 0. The van der Waals surface area contributed by atoms with E-state index in [9.17, 15) is 14.0 Å². The third-order valence-corrected chi connectivity index (χ3v) is 5.43. The molecule has 1 aliphatic heterocycles. The smallest absolute Gasteiger partial charge is 0.254 e. The molecule has 6 nitrogen and oxygen atoms in total. The van der Waals surface area contributed by atoms with Gasteiger partial charge in [0.15, 0.2) is 5.76 Å². The van der Waals surface area contributed by atoms with Gasteiger partial charge in [-0.25, -0.2) is 9.37 Å². The van der Waals surface area contributed by atoms with Crippen molar-refractivity contribution in [2.75, 3.05) is 13.1 Å². The molecule has 1 unspecified atom stereocenters. The molecule has 1 saturated heterocycles. The quantitative estimate of drug-likeness (QED) is 0.667. The summed E-state index contributed by atoms with van der Waals surface area (Å²) in [6.45, 7) is 2.89. The summed E-state index contributed by atoms with van der Waals surface area (Å²) in [6, 6.07) is 13.4. The van der Waals surface area contributed by atoms with E-state index in [-0.39, 0.29) is 23.7 Å². The Hall–Kier alpha value is -3.48. The summed E-state index contributed by atoms with van der Waals surface area (Å²) in [5, 5.41) is 2.98. The first-order valence-corrected chi connectivity index (χ1v) is 10.5. The summed E-state index contributed by atoms with van der Waals surface area (Å²) in [7, 11) is 0. The minimum atomic E-state index is -0.400. The highest BCUT2D eigenvalue weighted by molar-refractivity contribution is 6.00. The molecule has 4 rings (SSSR count). The van der Waals surface area contributed by atoms with Crippen LogP contribution < -0.4 is 5.32 Å². The van der Waals surface area contributed by atoms with E-state index in [4.69, 9.17) is 4.42 Å². The van der Waals surface area contributed by atoms with Crippen molar-refractivity contribution in [1.29, 1.82) is 0 Å². The number of nitrogens with one attached hydrogen (secondary N) is 1. The van der Waals surface area contributed by atoms with Gasteiger partial charge < -0.3 is 14.6 Å². The van der Waals surface area contributed by atoms with Gasteiger partial charge in [0, 0.05) is 31.1 Å². The normalized spacial score (nSPS) is 16.2. The molecule has 0 saturated carbocycles. The lowest BCUT2D eigenvalue weighted by Gasteiger charge is -2.33. The maximum atomic E-state index is 14.1. The van der Waals surface area contributed by atoms with Gasteiger partial charge in [0.25, 0.3) is 5.91 Å². The molecule has 3 aromatic rings. The van der Waals surface area contributed by atoms with Crippen LogP contribution in [0.1, 0.15) is 36.5 Å². The van der Waals surface area contributed by atoms with Crippen molar-refractivity contribution in [1.82, 2.24) is 15.2 Å². The minimum Gasteiger partial charge on any atom is -0.436 e. The molecule has 7 heteroatoms. The molecule has 0 spiro atoms. The van der Waals surface area contributed by atoms with Crippen LogP contribution in [0.25, 0.3) is 22.8 Å². The summed E-state index contributed by atoms with van der Waals surface area (Å²) in [5.41, 5.74) is 1.33. The van der Waals surface area contributed by atoms with E-state index >= 15 is 0 Å². The summed E-state index contributed by atoms with van der Waals surface area (Å²) in [6.07, 6.45) is 3.55. The number of halogens is 1. The molecule has 2 amide bonds. The van der Waals surface area contributed by atoms with Gasteiger partial charge in [0.2, 0.25) is 11.8 Å². The van der Waals surface area contributed by atoms with Crippen molar-refractivity contribution in [3.8, 4) is 22.8 Å². The average molecular weight is 421 g/mol. The number of amides is 2. The fraction of sp³-hybridized carbons (Fsp3) is 0.292. The Kier molecular flexibility index (Phi) is 6.11. The van der Waals surface area contributed by atoms with Crippen LogP contribution in [0.15, 0.2) is 59.1 Å². The van der Waals surface area contributed by atoms with Gasteiger partial charge >= 0.3 is 0 Å². The van der Waals surface area contributed by atoms with Crippen LogP contribution in [0.4, 0.5) is 4.39 Å². The van der Waals surface area contributed by atoms with Crippen molar-refractivity contribution >= 4 is 11.8 Å². The predicted octanol–water partition coefficient (Wildman–Crippen LogP) is 4.28. The van der Waals surface area contributed by atoms with Gasteiger partial charge in [-0.3, -0.25) is 9.59 Å². The van der Waals surface area contributed by atoms with Crippen LogP contribution in [0.3, 0.4) is 0 Å². The molecule has 1 fully saturated rings. The fourth-order valence-corrected chi connectivity index (χ4v) is 3.82. The number of aromatic nitrogens is 1. The Labute approximate surface area is 180 Å². The van der Waals surface area contributed by atoms with Crippen LogP contribution in [-0.2, 0) is 4.79 Å². The Balaban J connectivity index is 1.59. The Morgan fingerprint density at radius 3 is 2.68 bits per heavy atom. The molecule has 1 atom stereocenters. The second-order valence-corrected chi connectivity index (χ2v) is 7.57. The van der Waals surface area contributed by atoms with E-state index < -0.39 is 5.82 Å². The largest absolute Gasteiger partial charge is 0.436 e. The number of carbonyl (C=O) groups excluding carboxylic acids is 2. The molecule has 2 aromatic carbocycles. The van der Waals surface area contributed by atoms with Gasteiger partial charge in [0.1, 0.15) is 5.82 Å². The van der Waals surface area contributed by atoms with E-state index in [1.165, 1.54) is 12.3 Å². The van der Waals surface area contributed by atoms with Crippen LogP contribution in [-0.4, -0.2) is 40.8 Å². The van der Waals surface area contributed by atoms with Crippen molar-refractivity contribution in [2.45, 2.75) is 32.2 Å². The monoisotopic (exact) mass is 421 g/mol. The number of nitrogens with zero attached hydrogens (tertiary/aromatic N) is 2. The third kappa shape index (κ3) is 4.50. The highest BCUT2D eigenvalue weighted by atomic mass is 19.1. The number of hydrogen-bond acceptors (Lipinski definition) is 4. The zero-order chi connectivity index (χ0) is 21.8. The molecule has 0 aliphatic carbocycles. The molecule has 160 valence electrons. The maximum absolute atomic E-state index is 14.1. The first-order valence-electron chi connectivity index (χ1n) is 10.5. The SMILES string of the molecule is CCC(=O)NC1CCCN(C(=O)c2ccccc2-c2ncc(-c3ccccc3F)o2)C1. The molecule has 0 radical (unpaired) electrons. The Bertz CT molecular complexity index is 1090. The van der Waals surface area contributed by atoms with Gasteiger partial charge in [0.05, 0.1) is 17.3 Å². The Morgan fingerprint density at radius 2 is 1.90 bits per heavy atom. The first kappa shape index (κ1) is 20.8. The summed E-state index contributed by atoms with van der Waals surface area (Å²) in [4.78, 5) is 31.1. The summed E-state index contributed by atoms with van der Waals surface area (Å²) in [5.74, 6) is 0.00519. The topological polar surface area (TPSA) is 75.4 Å². The first-order chi connectivity index (χ1) is 15.1. The van der Waals surface area contributed by atoms with Gasteiger partial charge in [-0.15, -0.1) is 0 Å². The second-order valence-electron chi connectivity index (χ2n) is 7.57. The number of piperidine rings is 1. The molecule has 31 heavy (non-hydrogen) atoms. The van der Waals surface area contributed by atoms with E-state index in [0.29, 0.717) is 42.0 Å². The number of carbonyl (C=O) groups is 2. The number of hydrogen-bond donors (Lipinski definition) is 1. The lowest BCUT2D eigenvalue weighted by atomic mass is 10.0. The van der Waals surface area contributed by atoms with Gasteiger partial charge in [-0.2, -0.15) is 0 Å². The van der Waals surface area contributed by atoms with Crippen molar-refractivity contribution in [2.24, 2.45) is 0 Å². The lowest BCUT2D eigenvalue weighted by Crippen LogP contribution is -2.49. The molecule has 1 N–H and O–H groups in total. The predicted molar refractivity (Wildman–Crippen MR) is 115 cm³/mol. The number of likely N-dealkylation sites (tertiary alicyclic amines) is 1. The molecular weight excluding hydrogens is 397 g/mol. The molecule has 1 aromatic heterocycles. The van der Waals surface area contributed by atoms with E-state index in [1.54, 1.807) is 47.4 Å².